The summed E-state index contributed by atoms with van der Waals surface area (Å²) in [6.07, 6.45) is 0.0212. The highest BCUT2D eigenvalue weighted by atomic mass is 16.6. The van der Waals surface area contributed by atoms with E-state index >= 15 is 0 Å². The van der Waals surface area contributed by atoms with Crippen LogP contribution in [-0.4, -0.2) is 25.7 Å². The summed E-state index contributed by atoms with van der Waals surface area (Å²) in [5.41, 5.74) is -0.387. The molecule has 5 nitrogen and oxygen atoms in total. The number of cyclic esters (lactones) is 1. The highest BCUT2D eigenvalue weighted by Gasteiger charge is 2.52. The van der Waals surface area contributed by atoms with E-state index in [0.29, 0.717) is 11.3 Å². The smallest absolute Gasteiger partial charge is 0.313 e. The molecule has 0 amide bonds. The number of carbonyl (C=O) groups excluding carboxylic acids is 2. The topological polar surface area (TPSA) is 61.8 Å². The maximum absolute atomic E-state index is 12.1. The molecule has 0 aliphatic carbocycles. The second-order valence-corrected chi connectivity index (χ2v) is 4.79. The van der Waals surface area contributed by atoms with Crippen molar-refractivity contribution in [3.63, 3.8) is 0 Å². The molecule has 5 heteroatoms. The van der Waals surface area contributed by atoms with Gasteiger partial charge in [-0.3, -0.25) is 9.59 Å². The Morgan fingerprint density at radius 1 is 1.45 bits per heavy atom. The van der Waals surface area contributed by atoms with Crippen molar-refractivity contribution in [1.29, 1.82) is 0 Å². The van der Waals surface area contributed by atoms with Crippen LogP contribution in [0, 0.1) is 5.92 Å². The second kappa shape index (κ2) is 5.53. The molecule has 1 heterocycles. The number of carbonyl (C=O) groups is 2. The standard InChI is InChI=1S/C15H18O5/c1-4-19-14(17)11-9-13(16)20-15(11,2)10-7-5-6-8-12(10)18-3/h5-8,11H,4,9H2,1-3H3/t11-,15-/m0/s1. The highest BCUT2D eigenvalue weighted by Crippen LogP contribution is 2.45. The number of hydrogen-bond acceptors (Lipinski definition) is 5. The van der Waals surface area contributed by atoms with Crippen LogP contribution in [0.15, 0.2) is 24.3 Å². The Labute approximate surface area is 117 Å². The largest absolute Gasteiger partial charge is 0.496 e. The van der Waals surface area contributed by atoms with E-state index in [4.69, 9.17) is 14.2 Å². The first-order valence-corrected chi connectivity index (χ1v) is 6.55. The first kappa shape index (κ1) is 14.4. The summed E-state index contributed by atoms with van der Waals surface area (Å²) in [7, 11) is 1.54. The SMILES string of the molecule is CCOC(=O)[C@@H]1CC(=O)O[C@@]1(C)c1ccccc1OC. The zero-order valence-corrected chi connectivity index (χ0v) is 11.8. The summed E-state index contributed by atoms with van der Waals surface area (Å²) in [6, 6.07) is 7.21. The van der Waals surface area contributed by atoms with Crippen LogP contribution in [0.5, 0.6) is 5.75 Å². The van der Waals surface area contributed by atoms with Gasteiger partial charge >= 0.3 is 11.9 Å². The van der Waals surface area contributed by atoms with Gasteiger partial charge < -0.3 is 14.2 Å². The molecule has 1 aliphatic heterocycles. The van der Waals surface area contributed by atoms with E-state index in [1.807, 2.05) is 12.1 Å². The summed E-state index contributed by atoms with van der Waals surface area (Å²) in [5, 5.41) is 0. The number of ether oxygens (including phenoxy) is 3. The number of rotatable bonds is 4. The van der Waals surface area contributed by atoms with Crippen LogP contribution < -0.4 is 4.74 Å². The van der Waals surface area contributed by atoms with E-state index in [9.17, 15) is 9.59 Å². The summed E-state index contributed by atoms with van der Waals surface area (Å²) in [6.45, 7) is 3.72. The minimum Gasteiger partial charge on any atom is -0.496 e. The van der Waals surface area contributed by atoms with Gasteiger partial charge in [-0.2, -0.15) is 0 Å². The zero-order valence-electron chi connectivity index (χ0n) is 11.8. The van der Waals surface area contributed by atoms with Crippen molar-refractivity contribution in [3.05, 3.63) is 29.8 Å². The lowest BCUT2D eigenvalue weighted by Crippen LogP contribution is -2.35. The molecule has 0 bridgehead atoms. The van der Waals surface area contributed by atoms with Crippen molar-refractivity contribution in [3.8, 4) is 5.75 Å². The maximum atomic E-state index is 12.1. The normalized spacial score (nSPS) is 25.1. The van der Waals surface area contributed by atoms with Crippen molar-refractivity contribution in [2.75, 3.05) is 13.7 Å². The Bertz CT molecular complexity index is 525. The Morgan fingerprint density at radius 2 is 2.15 bits per heavy atom. The van der Waals surface area contributed by atoms with Gasteiger partial charge in [-0.1, -0.05) is 18.2 Å². The monoisotopic (exact) mass is 278 g/mol. The minimum atomic E-state index is -1.06. The maximum Gasteiger partial charge on any atom is 0.313 e. The molecule has 0 spiro atoms. The molecule has 0 unspecified atom stereocenters. The molecule has 1 aromatic carbocycles. The lowest BCUT2D eigenvalue weighted by molar-refractivity contribution is -0.157. The molecular formula is C15H18O5. The third kappa shape index (κ3) is 2.35. The molecule has 0 aromatic heterocycles. The number of hydrogen-bond donors (Lipinski definition) is 0. The van der Waals surface area contributed by atoms with Gasteiger partial charge in [-0.25, -0.2) is 0 Å². The van der Waals surface area contributed by atoms with Crippen LogP contribution in [0.1, 0.15) is 25.8 Å². The van der Waals surface area contributed by atoms with Gasteiger partial charge in [0.15, 0.2) is 5.60 Å². The molecule has 2 atom stereocenters. The summed E-state index contributed by atoms with van der Waals surface area (Å²) in [5.74, 6) is -0.909. The van der Waals surface area contributed by atoms with Crippen molar-refractivity contribution in [2.24, 2.45) is 5.92 Å². The minimum absolute atomic E-state index is 0.0212. The molecule has 1 aliphatic rings. The molecule has 1 aromatic rings. The quantitative estimate of drug-likeness (QED) is 0.789. The van der Waals surface area contributed by atoms with E-state index in [-0.39, 0.29) is 13.0 Å². The number of benzene rings is 1. The van der Waals surface area contributed by atoms with Crippen molar-refractivity contribution < 1.29 is 23.8 Å². The fraction of sp³-hybridized carbons (Fsp3) is 0.467. The average Bonchev–Trinajstić information content (AvgIpc) is 2.75. The van der Waals surface area contributed by atoms with Crippen molar-refractivity contribution >= 4 is 11.9 Å². The molecule has 108 valence electrons. The van der Waals surface area contributed by atoms with E-state index in [2.05, 4.69) is 0 Å². The van der Waals surface area contributed by atoms with Gasteiger partial charge in [0.1, 0.15) is 11.7 Å². The Kier molecular flexibility index (Phi) is 3.97. The molecule has 20 heavy (non-hydrogen) atoms. The van der Waals surface area contributed by atoms with Gasteiger partial charge in [0.05, 0.1) is 20.1 Å². The van der Waals surface area contributed by atoms with Crippen molar-refractivity contribution in [2.45, 2.75) is 25.9 Å². The number of methoxy groups -OCH3 is 1. The third-order valence-electron chi connectivity index (χ3n) is 3.57. The van der Waals surface area contributed by atoms with Crippen LogP contribution in [-0.2, 0) is 24.7 Å². The lowest BCUT2D eigenvalue weighted by atomic mass is 9.82. The van der Waals surface area contributed by atoms with Crippen LogP contribution in [0.2, 0.25) is 0 Å². The first-order valence-electron chi connectivity index (χ1n) is 6.55. The molecule has 1 fully saturated rings. The first-order chi connectivity index (χ1) is 9.52. The van der Waals surface area contributed by atoms with E-state index in [0.717, 1.165) is 0 Å². The number of esters is 2. The van der Waals surface area contributed by atoms with Gasteiger partial charge in [0.25, 0.3) is 0 Å². The summed E-state index contributed by atoms with van der Waals surface area (Å²) in [4.78, 5) is 23.8. The molecular weight excluding hydrogens is 260 g/mol. The van der Waals surface area contributed by atoms with Crippen LogP contribution in [0.3, 0.4) is 0 Å². The average molecular weight is 278 g/mol. The predicted octanol–water partition coefficient (Wildman–Crippen LogP) is 2.04. The summed E-state index contributed by atoms with van der Waals surface area (Å²) < 4.78 is 15.8. The third-order valence-corrected chi connectivity index (χ3v) is 3.57. The fourth-order valence-electron chi connectivity index (χ4n) is 2.56. The molecule has 1 saturated heterocycles. The van der Waals surface area contributed by atoms with Crippen molar-refractivity contribution in [1.82, 2.24) is 0 Å². The van der Waals surface area contributed by atoms with Gasteiger partial charge in [0, 0.05) is 5.56 Å². The predicted molar refractivity (Wildman–Crippen MR) is 71.2 cm³/mol. The summed E-state index contributed by atoms with van der Waals surface area (Å²) >= 11 is 0. The molecule has 0 N–H and O–H groups in total. The molecule has 2 rings (SSSR count). The second-order valence-electron chi connectivity index (χ2n) is 4.79. The van der Waals surface area contributed by atoms with Gasteiger partial charge in [0.2, 0.25) is 0 Å². The van der Waals surface area contributed by atoms with E-state index in [1.165, 1.54) is 0 Å². The Hall–Kier alpha value is -2.04. The van der Waals surface area contributed by atoms with Gasteiger partial charge in [-0.15, -0.1) is 0 Å². The Balaban J connectivity index is 2.44. The lowest BCUT2D eigenvalue weighted by Gasteiger charge is -2.29. The van der Waals surface area contributed by atoms with Gasteiger partial charge in [-0.05, 0) is 19.9 Å². The fourth-order valence-corrected chi connectivity index (χ4v) is 2.56. The molecule has 0 saturated carbocycles. The Morgan fingerprint density at radius 3 is 2.80 bits per heavy atom. The van der Waals surface area contributed by atoms with E-state index in [1.54, 1.807) is 33.1 Å². The molecule has 0 radical (unpaired) electrons. The van der Waals surface area contributed by atoms with Crippen LogP contribution in [0.25, 0.3) is 0 Å². The van der Waals surface area contributed by atoms with Crippen LogP contribution >= 0.6 is 0 Å². The highest BCUT2D eigenvalue weighted by molar-refractivity contribution is 5.85. The number of para-hydroxylation sites is 1. The zero-order chi connectivity index (χ0) is 14.8. The van der Waals surface area contributed by atoms with Crippen LogP contribution in [0.4, 0.5) is 0 Å². The van der Waals surface area contributed by atoms with E-state index < -0.39 is 23.5 Å².